The number of likely N-dealkylation sites (N-methyl/N-ethyl adjacent to an activating group) is 1. The minimum absolute atomic E-state index is 0.0455. The summed E-state index contributed by atoms with van der Waals surface area (Å²) in [6, 6.07) is 10.9. The number of halogens is 1. The number of nitrogens with zero attached hydrogens (tertiary/aromatic N) is 3. The number of nitro groups is 1. The summed E-state index contributed by atoms with van der Waals surface area (Å²) in [6.45, 7) is 6.76. The van der Waals surface area contributed by atoms with Crippen LogP contribution in [0.3, 0.4) is 0 Å². The quantitative estimate of drug-likeness (QED) is 0.306. The SMILES string of the molecule is CCN(CC)CCN(C(=O)c1cc(C(=O)OC)cc([N+](=O)[O-])c1)c1cccc(Br)c1. The zero-order valence-corrected chi connectivity index (χ0v) is 18.7. The summed E-state index contributed by atoms with van der Waals surface area (Å²) in [7, 11) is 1.18. The highest BCUT2D eigenvalue weighted by atomic mass is 79.9. The molecule has 0 aromatic heterocycles. The van der Waals surface area contributed by atoms with Crippen LogP contribution in [0.1, 0.15) is 34.6 Å². The summed E-state index contributed by atoms with van der Waals surface area (Å²) in [5, 5.41) is 11.3. The molecule has 0 aliphatic heterocycles. The highest BCUT2D eigenvalue weighted by Crippen LogP contribution is 2.24. The van der Waals surface area contributed by atoms with Gasteiger partial charge in [0.15, 0.2) is 0 Å². The van der Waals surface area contributed by atoms with Crippen molar-refractivity contribution in [3.05, 3.63) is 68.2 Å². The summed E-state index contributed by atoms with van der Waals surface area (Å²) >= 11 is 3.42. The van der Waals surface area contributed by atoms with E-state index in [0.29, 0.717) is 18.8 Å². The highest BCUT2D eigenvalue weighted by Gasteiger charge is 2.23. The number of amides is 1. The molecule has 0 heterocycles. The third-order valence-electron chi connectivity index (χ3n) is 4.70. The third-order valence-corrected chi connectivity index (χ3v) is 5.19. The zero-order valence-electron chi connectivity index (χ0n) is 17.1. The van der Waals surface area contributed by atoms with Gasteiger partial charge in [-0.05, 0) is 37.4 Å². The van der Waals surface area contributed by atoms with Crippen molar-refractivity contribution in [2.45, 2.75) is 13.8 Å². The van der Waals surface area contributed by atoms with Gasteiger partial charge in [0, 0.05) is 40.9 Å². The first-order valence-electron chi connectivity index (χ1n) is 9.48. The number of anilines is 1. The van der Waals surface area contributed by atoms with E-state index in [4.69, 9.17) is 0 Å². The fourth-order valence-corrected chi connectivity index (χ4v) is 3.39. The van der Waals surface area contributed by atoms with Gasteiger partial charge in [0.2, 0.25) is 0 Å². The molecule has 2 aromatic carbocycles. The molecule has 0 atom stereocenters. The Hall–Kier alpha value is -2.78. The van der Waals surface area contributed by atoms with Gasteiger partial charge in [-0.15, -0.1) is 0 Å². The molecule has 0 unspecified atom stereocenters. The molecule has 0 aliphatic carbocycles. The number of nitro benzene ring substituents is 1. The molecular formula is C21H24BrN3O5. The number of rotatable bonds is 9. The van der Waals surface area contributed by atoms with E-state index >= 15 is 0 Å². The van der Waals surface area contributed by atoms with Gasteiger partial charge in [0.05, 0.1) is 17.6 Å². The molecule has 0 spiro atoms. The fraction of sp³-hybridized carbons (Fsp3) is 0.333. The molecule has 160 valence electrons. The van der Waals surface area contributed by atoms with Crippen molar-refractivity contribution >= 4 is 39.2 Å². The predicted molar refractivity (Wildman–Crippen MR) is 118 cm³/mol. The molecule has 9 heteroatoms. The van der Waals surface area contributed by atoms with E-state index in [0.717, 1.165) is 23.6 Å². The number of carbonyl (C=O) groups excluding carboxylic acids is 2. The molecule has 0 bridgehead atoms. The van der Waals surface area contributed by atoms with Gasteiger partial charge in [-0.2, -0.15) is 0 Å². The first-order valence-corrected chi connectivity index (χ1v) is 10.3. The van der Waals surface area contributed by atoms with Crippen molar-refractivity contribution in [1.82, 2.24) is 4.90 Å². The smallest absolute Gasteiger partial charge is 0.338 e. The van der Waals surface area contributed by atoms with Crippen LogP contribution in [0.25, 0.3) is 0 Å². The second-order valence-corrected chi connectivity index (χ2v) is 7.40. The van der Waals surface area contributed by atoms with Crippen molar-refractivity contribution in [2.75, 3.05) is 38.2 Å². The molecular weight excluding hydrogens is 454 g/mol. The van der Waals surface area contributed by atoms with Crippen LogP contribution in [-0.2, 0) is 4.74 Å². The molecule has 8 nitrogen and oxygen atoms in total. The Labute approximate surface area is 183 Å². The van der Waals surface area contributed by atoms with Crippen molar-refractivity contribution in [3.8, 4) is 0 Å². The summed E-state index contributed by atoms with van der Waals surface area (Å²) in [5.41, 5.74) is 0.295. The number of hydrogen-bond donors (Lipinski definition) is 0. The molecule has 30 heavy (non-hydrogen) atoms. The minimum Gasteiger partial charge on any atom is -0.465 e. The zero-order chi connectivity index (χ0) is 22.3. The molecule has 0 saturated carbocycles. The fourth-order valence-electron chi connectivity index (χ4n) is 3.00. The lowest BCUT2D eigenvalue weighted by atomic mass is 10.1. The van der Waals surface area contributed by atoms with E-state index in [1.165, 1.54) is 19.2 Å². The van der Waals surface area contributed by atoms with Gasteiger partial charge >= 0.3 is 5.97 Å². The van der Waals surface area contributed by atoms with Crippen molar-refractivity contribution in [1.29, 1.82) is 0 Å². The number of methoxy groups -OCH3 is 1. The van der Waals surface area contributed by atoms with Crippen molar-refractivity contribution in [3.63, 3.8) is 0 Å². The van der Waals surface area contributed by atoms with E-state index in [2.05, 4.69) is 25.6 Å². The van der Waals surface area contributed by atoms with E-state index in [-0.39, 0.29) is 16.8 Å². The Kier molecular flexibility index (Phi) is 8.49. The van der Waals surface area contributed by atoms with E-state index in [1.54, 1.807) is 17.0 Å². The Bertz CT molecular complexity index is 931. The van der Waals surface area contributed by atoms with Crippen LogP contribution in [0.4, 0.5) is 11.4 Å². The van der Waals surface area contributed by atoms with Gasteiger partial charge in [0.25, 0.3) is 11.6 Å². The summed E-state index contributed by atoms with van der Waals surface area (Å²) in [4.78, 5) is 39.8. The monoisotopic (exact) mass is 477 g/mol. The topological polar surface area (TPSA) is 93.0 Å². The third kappa shape index (κ3) is 5.87. The normalized spacial score (nSPS) is 10.7. The molecule has 0 N–H and O–H groups in total. The van der Waals surface area contributed by atoms with Gasteiger partial charge in [0.1, 0.15) is 0 Å². The minimum atomic E-state index is -0.745. The maximum Gasteiger partial charge on any atom is 0.338 e. The Balaban J connectivity index is 2.49. The Morgan fingerprint density at radius 1 is 1.07 bits per heavy atom. The van der Waals surface area contributed by atoms with Crippen LogP contribution in [0, 0.1) is 10.1 Å². The summed E-state index contributed by atoms with van der Waals surface area (Å²) in [6.07, 6.45) is 0. The standard InChI is InChI=1S/C21H24BrN3O5/c1-4-23(5-2)9-10-24(18-8-6-7-17(22)14-18)20(26)15-11-16(21(27)30-3)13-19(12-15)25(28)29/h6-8,11-14H,4-5,9-10H2,1-3H3. The van der Waals surface area contributed by atoms with Gasteiger partial charge < -0.3 is 14.5 Å². The summed E-state index contributed by atoms with van der Waals surface area (Å²) < 4.78 is 5.48. The molecule has 0 radical (unpaired) electrons. The second kappa shape index (κ2) is 10.8. The Morgan fingerprint density at radius 2 is 1.73 bits per heavy atom. The van der Waals surface area contributed by atoms with E-state index in [9.17, 15) is 19.7 Å². The molecule has 2 rings (SSSR count). The van der Waals surface area contributed by atoms with Crippen LogP contribution in [-0.4, -0.2) is 55.0 Å². The van der Waals surface area contributed by atoms with E-state index in [1.807, 2.05) is 26.0 Å². The van der Waals surface area contributed by atoms with Crippen molar-refractivity contribution in [2.24, 2.45) is 0 Å². The maximum atomic E-state index is 13.4. The van der Waals surface area contributed by atoms with Crippen LogP contribution in [0.15, 0.2) is 46.9 Å². The number of benzene rings is 2. The van der Waals surface area contributed by atoms with Gasteiger partial charge in [-0.25, -0.2) is 4.79 Å². The van der Waals surface area contributed by atoms with Gasteiger partial charge in [-0.1, -0.05) is 35.8 Å². The average molecular weight is 478 g/mol. The van der Waals surface area contributed by atoms with Crippen LogP contribution >= 0.6 is 15.9 Å². The number of ether oxygens (including phenoxy) is 1. The lowest BCUT2D eigenvalue weighted by molar-refractivity contribution is -0.384. The van der Waals surface area contributed by atoms with Crippen LogP contribution in [0.5, 0.6) is 0 Å². The van der Waals surface area contributed by atoms with Crippen LogP contribution < -0.4 is 4.90 Å². The molecule has 0 saturated heterocycles. The second-order valence-electron chi connectivity index (χ2n) is 6.48. The van der Waals surface area contributed by atoms with E-state index < -0.39 is 16.8 Å². The number of esters is 1. The number of carbonyl (C=O) groups is 2. The predicted octanol–water partition coefficient (Wildman–Crippen LogP) is 4.13. The molecule has 2 aromatic rings. The highest BCUT2D eigenvalue weighted by molar-refractivity contribution is 9.10. The lowest BCUT2D eigenvalue weighted by Crippen LogP contribution is -2.39. The molecule has 0 aliphatic rings. The number of hydrogen-bond acceptors (Lipinski definition) is 6. The number of non-ortho nitro benzene ring substituents is 1. The molecule has 0 fully saturated rings. The first-order chi connectivity index (χ1) is 14.3. The largest absolute Gasteiger partial charge is 0.465 e. The molecule has 1 amide bonds. The summed E-state index contributed by atoms with van der Waals surface area (Å²) in [5.74, 6) is -1.18. The lowest BCUT2D eigenvalue weighted by Gasteiger charge is -2.27. The Morgan fingerprint density at radius 3 is 2.30 bits per heavy atom. The first kappa shape index (κ1) is 23.5. The maximum absolute atomic E-state index is 13.4. The van der Waals surface area contributed by atoms with Gasteiger partial charge in [-0.3, -0.25) is 14.9 Å². The van der Waals surface area contributed by atoms with Crippen LogP contribution in [0.2, 0.25) is 0 Å². The van der Waals surface area contributed by atoms with Crippen molar-refractivity contribution < 1.29 is 19.2 Å². The average Bonchev–Trinajstić information content (AvgIpc) is 2.75.